The Bertz CT molecular complexity index is 907. The SMILES string of the molecule is CN=C(NCCNS(=O)(=O)c1cccnc1)N1CCC(COCc2ccccc2)C1. The average molecular weight is 432 g/mol. The third kappa shape index (κ3) is 6.51. The Balaban J connectivity index is 1.37. The Morgan fingerprint density at radius 1 is 1.23 bits per heavy atom. The van der Waals surface area contributed by atoms with Crippen LogP contribution in [0.4, 0.5) is 0 Å². The molecule has 30 heavy (non-hydrogen) atoms. The second-order valence-corrected chi connectivity index (χ2v) is 8.93. The van der Waals surface area contributed by atoms with Gasteiger partial charge >= 0.3 is 0 Å². The van der Waals surface area contributed by atoms with Crippen molar-refractivity contribution in [2.75, 3.05) is 39.8 Å². The van der Waals surface area contributed by atoms with Crippen LogP contribution in [0.2, 0.25) is 0 Å². The molecule has 0 aliphatic carbocycles. The maximum Gasteiger partial charge on any atom is 0.242 e. The summed E-state index contributed by atoms with van der Waals surface area (Å²) in [5, 5.41) is 3.23. The van der Waals surface area contributed by atoms with Crippen LogP contribution in [0.3, 0.4) is 0 Å². The summed E-state index contributed by atoms with van der Waals surface area (Å²) in [6.45, 7) is 3.82. The fraction of sp³-hybridized carbons (Fsp3) is 0.429. The lowest BCUT2D eigenvalue weighted by atomic mass is 10.1. The molecule has 0 bridgehead atoms. The zero-order chi connectivity index (χ0) is 21.2. The summed E-state index contributed by atoms with van der Waals surface area (Å²) in [4.78, 5) is 10.5. The molecule has 162 valence electrons. The first kappa shape index (κ1) is 22.2. The predicted molar refractivity (Wildman–Crippen MR) is 117 cm³/mol. The van der Waals surface area contributed by atoms with E-state index in [9.17, 15) is 8.42 Å². The number of nitrogens with zero attached hydrogens (tertiary/aromatic N) is 3. The standard InChI is InChI=1S/C21H29N5O3S/c1-22-21(24-11-12-25-30(27,28)20-8-5-10-23-14-20)26-13-9-19(15-26)17-29-16-18-6-3-2-4-7-18/h2-8,10,14,19,25H,9,11-13,15-17H2,1H3,(H,22,24). The number of guanidine groups is 1. The molecule has 2 N–H and O–H groups in total. The fourth-order valence-electron chi connectivity index (χ4n) is 3.36. The van der Waals surface area contributed by atoms with E-state index in [1.807, 2.05) is 18.2 Å². The summed E-state index contributed by atoms with van der Waals surface area (Å²) >= 11 is 0. The Labute approximate surface area is 178 Å². The van der Waals surface area contributed by atoms with E-state index in [2.05, 4.69) is 37.0 Å². The highest BCUT2D eigenvalue weighted by Crippen LogP contribution is 2.17. The molecule has 0 amide bonds. The molecule has 1 aromatic carbocycles. The van der Waals surface area contributed by atoms with Crippen molar-refractivity contribution in [3.8, 4) is 0 Å². The van der Waals surface area contributed by atoms with Crippen LogP contribution in [0.1, 0.15) is 12.0 Å². The molecule has 2 heterocycles. The van der Waals surface area contributed by atoms with Gasteiger partial charge in [-0.3, -0.25) is 9.98 Å². The zero-order valence-electron chi connectivity index (χ0n) is 17.2. The van der Waals surface area contributed by atoms with E-state index in [1.54, 1.807) is 19.3 Å². The number of sulfonamides is 1. The molecule has 1 unspecified atom stereocenters. The third-order valence-corrected chi connectivity index (χ3v) is 6.35. The van der Waals surface area contributed by atoms with Gasteiger partial charge in [-0.1, -0.05) is 30.3 Å². The van der Waals surface area contributed by atoms with E-state index in [0.29, 0.717) is 25.7 Å². The van der Waals surface area contributed by atoms with Crippen LogP contribution in [-0.2, 0) is 21.4 Å². The highest BCUT2D eigenvalue weighted by atomic mass is 32.2. The first-order valence-corrected chi connectivity index (χ1v) is 11.5. The molecular formula is C21H29N5O3S. The topological polar surface area (TPSA) is 95.9 Å². The van der Waals surface area contributed by atoms with E-state index in [-0.39, 0.29) is 11.4 Å². The van der Waals surface area contributed by atoms with Crippen LogP contribution in [0.15, 0.2) is 64.7 Å². The lowest BCUT2D eigenvalue weighted by Crippen LogP contribution is -2.43. The van der Waals surface area contributed by atoms with Crippen LogP contribution in [-0.4, -0.2) is 64.1 Å². The molecule has 1 fully saturated rings. The molecule has 9 heteroatoms. The van der Waals surface area contributed by atoms with Crippen molar-refractivity contribution >= 4 is 16.0 Å². The molecule has 0 saturated carbocycles. The lowest BCUT2D eigenvalue weighted by molar-refractivity contribution is 0.0907. The summed E-state index contributed by atoms with van der Waals surface area (Å²) in [5.41, 5.74) is 1.18. The molecule has 2 aromatic rings. The van der Waals surface area contributed by atoms with Gasteiger partial charge in [0.05, 0.1) is 13.2 Å². The molecule has 0 spiro atoms. The Hall–Kier alpha value is -2.49. The minimum Gasteiger partial charge on any atom is -0.376 e. The summed E-state index contributed by atoms with van der Waals surface area (Å²) in [7, 11) is -1.81. The number of likely N-dealkylation sites (tertiary alicyclic amines) is 1. The van der Waals surface area contributed by atoms with Crippen molar-refractivity contribution in [2.24, 2.45) is 10.9 Å². The molecular weight excluding hydrogens is 402 g/mol. The van der Waals surface area contributed by atoms with Crippen LogP contribution in [0.25, 0.3) is 0 Å². The van der Waals surface area contributed by atoms with Gasteiger partial charge < -0.3 is 15.0 Å². The van der Waals surface area contributed by atoms with Crippen molar-refractivity contribution in [2.45, 2.75) is 17.9 Å². The number of aliphatic imine (C=N–C) groups is 1. The third-order valence-electron chi connectivity index (χ3n) is 4.91. The van der Waals surface area contributed by atoms with Crippen LogP contribution >= 0.6 is 0 Å². The van der Waals surface area contributed by atoms with Gasteiger partial charge in [-0.2, -0.15) is 0 Å². The van der Waals surface area contributed by atoms with Crippen LogP contribution in [0.5, 0.6) is 0 Å². The average Bonchev–Trinajstić information content (AvgIpc) is 3.24. The molecule has 1 aromatic heterocycles. The van der Waals surface area contributed by atoms with Gasteiger partial charge in [0.25, 0.3) is 0 Å². The molecule has 1 aliphatic rings. The van der Waals surface area contributed by atoms with Crippen molar-refractivity contribution in [3.63, 3.8) is 0 Å². The van der Waals surface area contributed by atoms with E-state index in [1.165, 1.54) is 17.8 Å². The quantitative estimate of drug-likeness (QED) is 0.355. The van der Waals surface area contributed by atoms with Crippen molar-refractivity contribution < 1.29 is 13.2 Å². The highest BCUT2D eigenvalue weighted by Gasteiger charge is 2.25. The van der Waals surface area contributed by atoms with E-state index in [0.717, 1.165) is 25.5 Å². The Morgan fingerprint density at radius 2 is 2.07 bits per heavy atom. The van der Waals surface area contributed by atoms with Gasteiger partial charge in [-0.15, -0.1) is 0 Å². The first-order valence-electron chi connectivity index (χ1n) is 10.1. The summed E-state index contributed by atoms with van der Waals surface area (Å²) in [6.07, 6.45) is 3.92. The zero-order valence-corrected chi connectivity index (χ0v) is 18.0. The minimum absolute atomic E-state index is 0.160. The number of aromatic nitrogens is 1. The number of hydrogen-bond donors (Lipinski definition) is 2. The number of ether oxygens (including phenoxy) is 1. The number of nitrogens with one attached hydrogen (secondary N) is 2. The van der Waals surface area contributed by atoms with E-state index < -0.39 is 10.0 Å². The van der Waals surface area contributed by atoms with Gasteiger partial charge in [0, 0.05) is 51.5 Å². The summed E-state index contributed by atoms with van der Waals surface area (Å²) in [6, 6.07) is 13.3. The minimum atomic E-state index is -3.55. The van der Waals surface area contributed by atoms with Gasteiger partial charge in [0.1, 0.15) is 4.90 Å². The van der Waals surface area contributed by atoms with E-state index >= 15 is 0 Å². The maximum atomic E-state index is 12.2. The van der Waals surface area contributed by atoms with Gasteiger partial charge in [0.15, 0.2) is 5.96 Å². The normalized spacial score (nSPS) is 17.3. The highest BCUT2D eigenvalue weighted by molar-refractivity contribution is 7.89. The molecule has 8 nitrogen and oxygen atoms in total. The second-order valence-electron chi connectivity index (χ2n) is 7.16. The Morgan fingerprint density at radius 3 is 2.80 bits per heavy atom. The number of hydrogen-bond acceptors (Lipinski definition) is 5. The molecule has 1 saturated heterocycles. The number of benzene rings is 1. The largest absolute Gasteiger partial charge is 0.376 e. The lowest BCUT2D eigenvalue weighted by Gasteiger charge is -2.22. The monoisotopic (exact) mass is 431 g/mol. The van der Waals surface area contributed by atoms with Gasteiger partial charge in [0.2, 0.25) is 10.0 Å². The van der Waals surface area contributed by atoms with Crippen molar-refractivity contribution in [1.29, 1.82) is 0 Å². The smallest absolute Gasteiger partial charge is 0.242 e. The number of rotatable bonds is 9. The maximum absolute atomic E-state index is 12.2. The summed E-state index contributed by atoms with van der Waals surface area (Å²) in [5.74, 6) is 1.23. The molecule has 0 radical (unpaired) electrons. The van der Waals surface area contributed by atoms with Crippen LogP contribution in [0, 0.1) is 5.92 Å². The molecule has 3 rings (SSSR count). The predicted octanol–water partition coefficient (Wildman–Crippen LogP) is 1.47. The first-order chi connectivity index (χ1) is 14.6. The van der Waals surface area contributed by atoms with Crippen molar-refractivity contribution in [1.82, 2.24) is 19.9 Å². The van der Waals surface area contributed by atoms with Crippen molar-refractivity contribution in [3.05, 3.63) is 60.4 Å². The fourth-order valence-corrected chi connectivity index (χ4v) is 4.35. The second kappa shape index (κ2) is 11.1. The Kier molecular flexibility index (Phi) is 8.18. The van der Waals surface area contributed by atoms with Gasteiger partial charge in [-0.25, -0.2) is 13.1 Å². The van der Waals surface area contributed by atoms with Gasteiger partial charge in [-0.05, 0) is 24.1 Å². The van der Waals surface area contributed by atoms with Crippen LogP contribution < -0.4 is 10.0 Å². The molecule has 1 aliphatic heterocycles. The molecule has 1 atom stereocenters. The summed E-state index contributed by atoms with van der Waals surface area (Å²) < 4.78 is 32.9. The number of pyridine rings is 1. The van der Waals surface area contributed by atoms with E-state index in [4.69, 9.17) is 4.74 Å².